The predicted molar refractivity (Wildman–Crippen MR) is 81.0 cm³/mol. The van der Waals surface area contributed by atoms with Gasteiger partial charge in [-0.25, -0.2) is 0 Å². The van der Waals surface area contributed by atoms with Gasteiger partial charge in [0.25, 0.3) is 0 Å². The molecule has 2 heteroatoms. The highest BCUT2D eigenvalue weighted by Crippen LogP contribution is 2.26. The van der Waals surface area contributed by atoms with Crippen LogP contribution in [0.2, 0.25) is 0 Å². The van der Waals surface area contributed by atoms with Gasteiger partial charge < -0.3 is 10.1 Å². The van der Waals surface area contributed by atoms with E-state index >= 15 is 0 Å². The Morgan fingerprint density at radius 3 is 2.63 bits per heavy atom. The molecule has 0 amide bonds. The second-order valence-corrected chi connectivity index (χ2v) is 6.01. The average Bonchev–Trinajstić information content (AvgIpc) is 3.20. The van der Waals surface area contributed by atoms with E-state index in [0.717, 1.165) is 24.8 Å². The van der Waals surface area contributed by atoms with Crippen molar-refractivity contribution in [2.24, 2.45) is 0 Å². The van der Waals surface area contributed by atoms with Crippen molar-refractivity contribution >= 4 is 0 Å². The average molecular weight is 261 g/mol. The van der Waals surface area contributed by atoms with Gasteiger partial charge in [-0.15, -0.1) is 0 Å². The van der Waals surface area contributed by atoms with E-state index in [2.05, 4.69) is 51.2 Å². The molecule has 0 bridgehead atoms. The van der Waals surface area contributed by atoms with Gasteiger partial charge in [-0.3, -0.25) is 0 Å². The molecule has 1 aliphatic rings. The molecule has 1 unspecified atom stereocenters. The highest BCUT2D eigenvalue weighted by Gasteiger charge is 2.22. The van der Waals surface area contributed by atoms with E-state index in [1.165, 1.54) is 24.0 Å². The third kappa shape index (κ3) is 4.24. The minimum Gasteiger partial charge on any atom is -0.489 e. The molecular formula is C17H27NO. The second kappa shape index (κ2) is 6.42. The number of benzene rings is 1. The summed E-state index contributed by atoms with van der Waals surface area (Å²) in [5.41, 5.74) is 2.58. The number of aryl methyl sites for hydroxylation is 1. The molecule has 0 aliphatic heterocycles. The van der Waals surface area contributed by atoms with E-state index in [1.807, 2.05) is 0 Å². The minimum absolute atomic E-state index is 0.279. The van der Waals surface area contributed by atoms with Crippen molar-refractivity contribution in [1.29, 1.82) is 0 Å². The molecule has 2 rings (SSSR count). The zero-order valence-corrected chi connectivity index (χ0v) is 12.7. The number of nitrogens with one attached hydrogen (secondary N) is 1. The smallest absolute Gasteiger partial charge is 0.122 e. The van der Waals surface area contributed by atoms with Crippen LogP contribution in [0.1, 0.15) is 57.1 Å². The third-order valence-electron chi connectivity index (χ3n) is 3.84. The fourth-order valence-electron chi connectivity index (χ4n) is 2.14. The number of ether oxygens (including phenoxy) is 1. The van der Waals surface area contributed by atoms with Gasteiger partial charge in [0, 0.05) is 12.6 Å². The van der Waals surface area contributed by atoms with Crippen molar-refractivity contribution in [2.75, 3.05) is 6.54 Å². The molecule has 2 nitrogen and oxygen atoms in total. The van der Waals surface area contributed by atoms with Gasteiger partial charge in [-0.1, -0.05) is 32.9 Å². The Bertz CT molecular complexity index is 410. The normalized spacial score (nSPS) is 16.7. The van der Waals surface area contributed by atoms with Crippen LogP contribution in [-0.2, 0) is 0 Å². The monoisotopic (exact) mass is 261 g/mol. The van der Waals surface area contributed by atoms with Gasteiger partial charge in [-0.05, 0) is 49.3 Å². The Labute approximate surface area is 117 Å². The van der Waals surface area contributed by atoms with E-state index in [-0.39, 0.29) is 6.10 Å². The van der Waals surface area contributed by atoms with Gasteiger partial charge in [-0.2, -0.15) is 0 Å². The maximum absolute atomic E-state index is 6.20. The Kier molecular flexibility index (Phi) is 4.87. The van der Waals surface area contributed by atoms with Gasteiger partial charge in [0.1, 0.15) is 11.9 Å². The summed E-state index contributed by atoms with van der Waals surface area (Å²) in [6.45, 7) is 9.73. The lowest BCUT2D eigenvalue weighted by Gasteiger charge is -2.20. The fraction of sp³-hybridized carbons (Fsp3) is 0.647. The Balaban J connectivity index is 1.99. The summed E-state index contributed by atoms with van der Waals surface area (Å²) in [4.78, 5) is 0. The van der Waals surface area contributed by atoms with Gasteiger partial charge in [0.15, 0.2) is 0 Å². The maximum atomic E-state index is 6.20. The minimum atomic E-state index is 0.279. The summed E-state index contributed by atoms with van der Waals surface area (Å²) in [5.74, 6) is 1.60. The molecule has 106 valence electrons. The largest absolute Gasteiger partial charge is 0.489 e. The van der Waals surface area contributed by atoms with E-state index in [4.69, 9.17) is 4.74 Å². The third-order valence-corrected chi connectivity index (χ3v) is 3.84. The van der Waals surface area contributed by atoms with E-state index < -0.39 is 0 Å². The number of rotatable bonds is 7. The second-order valence-electron chi connectivity index (χ2n) is 6.01. The van der Waals surface area contributed by atoms with Crippen molar-refractivity contribution in [2.45, 2.75) is 65.0 Å². The zero-order chi connectivity index (χ0) is 13.8. The van der Waals surface area contributed by atoms with E-state index in [0.29, 0.717) is 5.92 Å². The van der Waals surface area contributed by atoms with Crippen LogP contribution < -0.4 is 10.1 Å². The molecular weight excluding hydrogens is 234 g/mol. The van der Waals surface area contributed by atoms with Gasteiger partial charge in [0.2, 0.25) is 0 Å². The van der Waals surface area contributed by atoms with E-state index in [1.54, 1.807) is 0 Å². The first-order valence-corrected chi connectivity index (χ1v) is 7.60. The number of hydrogen-bond donors (Lipinski definition) is 1. The first-order chi connectivity index (χ1) is 9.10. The fourth-order valence-corrected chi connectivity index (χ4v) is 2.14. The molecule has 0 saturated heterocycles. The van der Waals surface area contributed by atoms with Crippen LogP contribution >= 0.6 is 0 Å². The molecule has 0 spiro atoms. The molecule has 1 atom stereocenters. The molecule has 1 aromatic rings. The van der Waals surface area contributed by atoms with Crippen molar-refractivity contribution in [3.63, 3.8) is 0 Å². The summed E-state index contributed by atoms with van der Waals surface area (Å²) < 4.78 is 6.20. The molecule has 1 N–H and O–H groups in total. The summed E-state index contributed by atoms with van der Waals surface area (Å²) in [6.07, 6.45) is 3.99. The molecule has 0 aromatic heterocycles. The van der Waals surface area contributed by atoms with Gasteiger partial charge in [0.05, 0.1) is 0 Å². The summed E-state index contributed by atoms with van der Waals surface area (Å²) in [6, 6.07) is 7.34. The van der Waals surface area contributed by atoms with Crippen LogP contribution in [0, 0.1) is 6.92 Å². The topological polar surface area (TPSA) is 21.3 Å². The first-order valence-electron chi connectivity index (χ1n) is 7.60. The Morgan fingerprint density at radius 1 is 1.32 bits per heavy atom. The van der Waals surface area contributed by atoms with Crippen LogP contribution in [-0.4, -0.2) is 18.7 Å². The number of hydrogen-bond acceptors (Lipinski definition) is 2. The van der Waals surface area contributed by atoms with Crippen LogP contribution in [0.15, 0.2) is 18.2 Å². The molecule has 1 aromatic carbocycles. The predicted octanol–water partition coefficient (Wildman–Crippen LogP) is 4.03. The van der Waals surface area contributed by atoms with Crippen molar-refractivity contribution in [3.8, 4) is 5.75 Å². The van der Waals surface area contributed by atoms with E-state index in [9.17, 15) is 0 Å². The Hall–Kier alpha value is -1.02. The lowest BCUT2D eigenvalue weighted by molar-refractivity contribution is 0.191. The molecule has 0 radical (unpaired) electrons. The lowest BCUT2D eigenvalue weighted by atomic mass is 10.0. The highest BCUT2D eigenvalue weighted by atomic mass is 16.5. The quantitative estimate of drug-likeness (QED) is 0.800. The SMILES string of the molecule is CCC(CNC1CC1)Oc1cc(C(C)C)ccc1C. The standard InChI is InChI=1S/C17H27NO/c1-5-16(11-18-15-8-9-15)19-17-10-14(12(2)3)7-6-13(17)4/h6-7,10,12,15-16,18H,5,8-9,11H2,1-4H3. The molecule has 1 fully saturated rings. The first kappa shape index (κ1) is 14.4. The van der Waals surface area contributed by atoms with Crippen molar-refractivity contribution in [3.05, 3.63) is 29.3 Å². The molecule has 1 saturated carbocycles. The molecule has 19 heavy (non-hydrogen) atoms. The van der Waals surface area contributed by atoms with Crippen LogP contribution in [0.5, 0.6) is 5.75 Å². The van der Waals surface area contributed by atoms with Crippen LogP contribution in [0.3, 0.4) is 0 Å². The van der Waals surface area contributed by atoms with Crippen LogP contribution in [0.4, 0.5) is 0 Å². The van der Waals surface area contributed by atoms with Crippen molar-refractivity contribution in [1.82, 2.24) is 5.32 Å². The summed E-state index contributed by atoms with van der Waals surface area (Å²) in [5, 5.41) is 3.56. The molecule has 0 heterocycles. The highest BCUT2D eigenvalue weighted by molar-refractivity contribution is 5.38. The Morgan fingerprint density at radius 2 is 2.05 bits per heavy atom. The molecule has 1 aliphatic carbocycles. The van der Waals surface area contributed by atoms with Crippen molar-refractivity contribution < 1.29 is 4.74 Å². The maximum Gasteiger partial charge on any atom is 0.122 e. The lowest BCUT2D eigenvalue weighted by Crippen LogP contribution is -2.32. The summed E-state index contributed by atoms with van der Waals surface area (Å²) >= 11 is 0. The van der Waals surface area contributed by atoms with Crippen LogP contribution in [0.25, 0.3) is 0 Å². The van der Waals surface area contributed by atoms with Gasteiger partial charge >= 0.3 is 0 Å². The summed E-state index contributed by atoms with van der Waals surface area (Å²) in [7, 11) is 0. The zero-order valence-electron chi connectivity index (χ0n) is 12.7.